The van der Waals surface area contributed by atoms with Crippen molar-refractivity contribution in [1.29, 1.82) is 0 Å². The molecule has 2 aromatic carbocycles. The summed E-state index contributed by atoms with van der Waals surface area (Å²) in [4.78, 5) is 11.7. The average molecular weight is 276 g/mol. The van der Waals surface area contributed by atoms with Gasteiger partial charge in [-0.15, -0.1) is 0 Å². The highest BCUT2D eigenvalue weighted by atomic mass is 32.2. The minimum absolute atomic E-state index is 0.279. The van der Waals surface area contributed by atoms with E-state index >= 15 is 0 Å². The molecule has 5 nitrogen and oxygen atoms in total. The molecule has 0 bridgehead atoms. The molecule has 0 radical (unpaired) electrons. The molecular weight excluding hydrogens is 264 g/mol. The Morgan fingerprint density at radius 2 is 1.37 bits per heavy atom. The lowest BCUT2D eigenvalue weighted by Crippen LogP contribution is -2.35. The molecule has 0 saturated carbocycles. The van der Waals surface area contributed by atoms with Crippen molar-refractivity contribution < 1.29 is 13.2 Å². The Kier molecular flexibility index (Phi) is 3.82. The van der Waals surface area contributed by atoms with Gasteiger partial charge in [-0.25, -0.2) is 4.72 Å². The minimum atomic E-state index is -3.93. The number of hydrogen-bond acceptors (Lipinski definition) is 3. The molecule has 0 aliphatic heterocycles. The molecule has 0 aliphatic carbocycles. The lowest BCUT2D eigenvalue weighted by molar-refractivity contribution is 0.0981. The monoisotopic (exact) mass is 276 g/mol. The van der Waals surface area contributed by atoms with Gasteiger partial charge in [-0.2, -0.15) is 8.42 Å². The number of para-hydroxylation sites is 1. The summed E-state index contributed by atoms with van der Waals surface area (Å²) in [6.07, 6.45) is 0. The molecular formula is C13H12N2O3S. The fourth-order valence-electron chi connectivity index (χ4n) is 1.46. The van der Waals surface area contributed by atoms with Crippen molar-refractivity contribution in [3.8, 4) is 0 Å². The summed E-state index contributed by atoms with van der Waals surface area (Å²) in [6.45, 7) is 0. The molecule has 1 amide bonds. The number of benzene rings is 2. The van der Waals surface area contributed by atoms with Gasteiger partial charge in [0.2, 0.25) is 0 Å². The second kappa shape index (κ2) is 5.53. The molecule has 19 heavy (non-hydrogen) atoms. The van der Waals surface area contributed by atoms with Crippen LogP contribution in [0.2, 0.25) is 0 Å². The van der Waals surface area contributed by atoms with Crippen molar-refractivity contribution in [2.24, 2.45) is 0 Å². The molecule has 0 unspecified atom stereocenters. The van der Waals surface area contributed by atoms with E-state index in [0.29, 0.717) is 5.69 Å². The molecule has 0 heterocycles. The Labute approximate surface area is 111 Å². The van der Waals surface area contributed by atoms with E-state index in [2.05, 4.69) is 4.72 Å². The third-order valence-electron chi connectivity index (χ3n) is 2.29. The van der Waals surface area contributed by atoms with E-state index in [1.807, 2.05) is 4.72 Å². The summed E-state index contributed by atoms with van der Waals surface area (Å²) in [5, 5.41) is 0. The first kappa shape index (κ1) is 13.1. The molecule has 6 heteroatoms. The van der Waals surface area contributed by atoms with Crippen LogP contribution >= 0.6 is 0 Å². The van der Waals surface area contributed by atoms with E-state index in [1.165, 1.54) is 12.1 Å². The minimum Gasteiger partial charge on any atom is -0.268 e. The Balaban J connectivity index is 2.08. The number of hydrogen-bond donors (Lipinski definition) is 2. The van der Waals surface area contributed by atoms with Crippen LogP contribution in [0.25, 0.3) is 0 Å². The Morgan fingerprint density at radius 3 is 1.95 bits per heavy atom. The molecule has 0 aliphatic rings. The maximum Gasteiger partial charge on any atom is 0.323 e. The van der Waals surface area contributed by atoms with Crippen LogP contribution in [-0.2, 0) is 10.2 Å². The van der Waals surface area contributed by atoms with E-state index < -0.39 is 16.1 Å². The molecule has 0 spiro atoms. The van der Waals surface area contributed by atoms with Crippen LogP contribution < -0.4 is 9.44 Å². The summed E-state index contributed by atoms with van der Waals surface area (Å²) >= 11 is 0. The summed E-state index contributed by atoms with van der Waals surface area (Å²) < 4.78 is 27.7. The van der Waals surface area contributed by atoms with E-state index in [0.717, 1.165) is 0 Å². The van der Waals surface area contributed by atoms with Crippen molar-refractivity contribution in [3.63, 3.8) is 0 Å². The first-order valence-electron chi connectivity index (χ1n) is 5.52. The highest BCUT2D eigenvalue weighted by Crippen LogP contribution is 2.07. The second-order valence-corrected chi connectivity index (χ2v) is 5.18. The fraction of sp³-hybridized carbons (Fsp3) is 0. The fourth-order valence-corrected chi connectivity index (χ4v) is 2.32. The molecule has 0 saturated heterocycles. The van der Waals surface area contributed by atoms with Gasteiger partial charge in [0.1, 0.15) is 0 Å². The van der Waals surface area contributed by atoms with Crippen LogP contribution in [0.3, 0.4) is 0 Å². The molecule has 98 valence electrons. The van der Waals surface area contributed by atoms with Gasteiger partial charge in [0.25, 0.3) is 5.91 Å². The van der Waals surface area contributed by atoms with Crippen molar-refractivity contribution in [2.75, 3.05) is 4.72 Å². The lowest BCUT2D eigenvalue weighted by Gasteiger charge is -2.09. The van der Waals surface area contributed by atoms with E-state index in [1.54, 1.807) is 48.5 Å². The predicted octanol–water partition coefficient (Wildman–Crippen LogP) is 1.77. The number of carbonyl (C=O) groups excluding carboxylic acids is 1. The van der Waals surface area contributed by atoms with Gasteiger partial charge in [0.05, 0.1) is 5.69 Å². The average Bonchev–Trinajstić information content (AvgIpc) is 2.39. The van der Waals surface area contributed by atoms with Crippen LogP contribution in [0.5, 0.6) is 0 Å². The lowest BCUT2D eigenvalue weighted by atomic mass is 10.2. The zero-order valence-corrected chi connectivity index (χ0v) is 10.7. The highest BCUT2D eigenvalue weighted by molar-refractivity contribution is 7.91. The highest BCUT2D eigenvalue weighted by Gasteiger charge is 2.15. The van der Waals surface area contributed by atoms with Gasteiger partial charge in [0, 0.05) is 5.56 Å². The van der Waals surface area contributed by atoms with Crippen LogP contribution in [0.15, 0.2) is 60.7 Å². The predicted molar refractivity (Wildman–Crippen MR) is 72.9 cm³/mol. The smallest absolute Gasteiger partial charge is 0.268 e. The largest absolute Gasteiger partial charge is 0.323 e. The van der Waals surface area contributed by atoms with Gasteiger partial charge >= 0.3 is 10.2 Å². The molecule has 2 aromatic rings. The first-order chi connectivity index (χ1) is 9.07. The normalized spacial score (nSPS) is 10.7. The second-order valence-electron chi connectivity index (χ2n) is 3.77. The summed E-state index contributed by atoms with van der Waals surface area (Å²) in [5.74, 6) is -0.677. The van der Waals surface area contributed by atoms with Gasteiger partial charge in [0.15, 0.2) is 0 Å². The standard InChI is InChI=1S/C13H12N2O3S/c16-13(11-7-3-1-4-8-11)15-19(17,18)14-12-9-5-2-6-10-12/h1-10,14H,(H,15,16). The van der Waals surface area contributed by atoms with Crippen molar-refractivity contribution in [3.05, 3.63) is 66.2 Å². The Bertz CT molecular complexity index is 655. The summed E-state index contributed by atoms with van der Waals surface area (Å²) in [6, 6.07) is 16.5. The third-order valence-corrected chi connectivity index (χ3v) is 3.25. The zero-order valence-electron chi connectivity index (χ0n) is 9.91. The van der Waals surface area contributed by atoms with Crippen LogP contribution in [0, 0.1) is 0 Å². The number of carbonyl (C=O) groups is 1. The van der Waals surface area contributed by atoms with E-state index in [9.17, 15) is 13.2 Å². The topological polar surface area (TPSA) is 75.3 Å². The molecule has 0 aromatic heterocycles. The van der Waals surface area contributed by atoms with Gasteiger partial charge in [-0.05, 0) is 24.3 Å². The van der Waals surface area contributed by atoms with Gasteiger partial charge in [-0.1, -0.05) is 36.4 Å². The van der Waals surface area contributed by atoms with Crippen molar-refractivity contribution in [1.82, 2.24) is 4.72 Å². The maximum absolute atomic E-state index is 11.7. The molecule has 0 fully saturated rings. The Hall–Kier alpha value is -2.34. The van der Waals surface area contributed by atoms with Gasteiger partial charge in [-0.3, -0.25) is 9.52 Å². The number of rotatable bonds is 4. The quantitative estimate of drug-likeness (QED) is 0.893. The van der Waals surface area contributed by atoms with E-state index in [-0.39, 0.29) is 5.56 Å². The van der Waals surface area contributed by atoms with E-state index in [4.69, 9.17) is 0 Å². The number of amides is 1. The van der Waals surface area contributed by atoms with Crippen LogP contribution in [0.4, 0.5) is 5.69 Å². The maximum atomic E-state index is 11.7. The zero-order chi connectivity index (χ0) is 13.7. The Morgan fingerprint density at radius 1 is 0.842 bits per heavy atom. The molecule has 0 atom stereocenters. The van der Waals surface area contributed by atoms with Gasteiger partial charge < -0.3 is 0 Å². The number of anilines is 1. The number of nitrogens with one attached hydrogen (secondary N) is 2. The van der Waals surface area contributed by atoms with Crippen LogP contribution in [-0.4, -0.2) is 14.3 Å². The van der Waals surface area contributed by atoms with Crippen LogP contribution in [0.1, 0.15) is 10.4 Å². The third kappa shape index (κ3) is 3.82. The summed E-state index contributed by atoms with van der Waals surface area (Å²) in [5.41, 5.74) is 0.664. The molecule has 2 rings (SSSR count). The molecule has 2 N–H and O–H groups in total. The summed E-state index contributed by atoms with van der Waals surface area (Å²) in [7, 11) is -3.93. The van der Waals surface area contributed by atoms with Crippen molar-refractivity contribution in [2.45, 2.75) is 0 Å². The van der Waals surface area contributed by atoms with Crippen molar-refractivity contribution >= 4 is 21.8 Å². The first-order valence-corrected chi connectivity index (χ1v) is 7.00. The SMILES string of the molecule is O=C(NS(=O)(=O)Nc1ccccc1)c1ccccc1.